The molecule has 2 aromatic carbocycles. The quantitative estimate of drug-likeness (QED) is 0.592. The molecule has 0 aromatic heterocycles. The molecule has 0 amide bonds. The van der Waals surface area contributed by atoms with E-state index in [1.54, 1.807) is 24.3 Å². The first kappa shape index (κ1) is 16.8. The summed E-state index contributed by atoms with van der Waals surface area (Å²) in [5.74, 6) is 1.47. The van der Waals surface area contributed by atoms with Gasteiger partial charge < -0.3 is 9.47 Å². The van der Waals surface area contributed by atoms with Gasteiger partial charge in [0, 0.05) is 0 Å². The van der Waals surface area contributed by atoms with E-state index < -0.39 is 10.1 Å². The molecule has 128 valence electrons. The lowest BCUT2D eigenvalue weighted by molar-refractivity contribution is 0.0802. The van der Waals surface area contributed by atoms with Crippen molar-refractivity contribution in [3.8, 4) is 11.5 Å². The van der Waals surface area contributed by atoms with Crippen LogP contribution in [0.4, 0.5) is 0 Å². The molecule has 0 fully saturated rings. The van der Waals surface area contributed by atoms with Crippen LogP contribution in [-0.2, 0) is 14.3 Å². The van der Waals surface area contributed by atoms with Crippen molar-refractivity contribution in [1.29, 1.82) is 0 Å². The van der Waals surface area contributed by atoms with E-state index >= 15 is 0 Å². The van der Waals surface area contributed by atoms with Crippen LogP contribution in [0.3, 0.4) is 0 Å². The summed E-state index contributed by atoms with van der Waals surface area (Å²) in [6.07, 6.45) is 1.14. The van der Waals surface area contributed by atoms with Crippen LogP contribution in [0.1, 0.15) is 18.4 Å². The molecule has 0 aliphatic carbocycles. The number of aryl methyl sites for hydroxylation is 1. The zero-order valence-electron chi connectivity index (χ0n) is 13.5. The Hall–Kier alpha value is -2.05. The number of para-hydroxylation sites is 2. The molecule has 0 bridgehead atoms. The number of hydrogen-bond donors (Lipinski definition) is 0. The molecule has 6 heteroatoms. The molecule has 5 nitrogen and oxygen atoms in total. The molecule has 1 aliphatic rings. The van der Waals surface area contributed by atoms with E-state index in [0.717, 1.165) is 17.1 Å². The maximum absolute atomic E-state index is 12.1. The Bertz CT molecular complexity index is 783. The van der Waals surface area contributed by atoms with Gasteiger partial charge in [0.25, 0.3) is 10.1 Å². The average molecular weight is 348 g/mol. The summed E-state index contributed by atoms with van der Waals surface area (Å²) in [4.78, 5) is 0.180. The summed E-state index contributed by atoms with van der Waals surface area (Å²) < 4.78 is 40.7. The summed E-state index contributed by atoms with van der Waals surface area (Å²) in [5, 5.41) is 0. The van der Waals surface area contributed by atoms with Gasteiger partial charge in [-0.15, -0.1) is 0 Å². The highest BCUT2D eigenvalue weighted by molar-refractivity contribution is 7.86. The second-order valence-corrected chi connectivity index (χ2v) is 7.34. The fourth-order valence-electron chi connectivity index (χ4n) is 2.46. The summed E-state index contributed by atoms with van der Waals surface area (Å²) in [6.45, 7) is 2.49. The highest BCUT2D eigenvalue weighted by Crippen LogP contribution is 2.31. The lowest BCUT2D eigenvalue weighted by Crippen LogP contribution is -2.29. The molecule has 3 rings (SSSR count). The normalized spacial score (nSPS) is 16.8. The summed E-state index contributed by atoms with van der Waals surface area (Å²) in [5.41, 5.74) is 1.00. The predicted molar refractivity (Wildman–Crippen MR) is 89.9 cm³/mol. The smallest absolute Gasteiger partial charge is 0.296 e. The lowest BCUT2D eigenvalue weighted by atomic mass is 10.2. The van der Waals surface area contributed by atoms with Crippen molar-refractivity contribution in [2.24, 2.45) is 0 Å². The largest absolute Gasteiger partial charge is 0.486 e. The third-order valence-corrected chi connectivity index (χ3v) is 5.11. The number of ether oxygens (including phenoxy) is 2. The molecule has 24 heavy (non-hydrogen) atoms. The number of rotatable bonds is 6. The third-order valence-electron chi connectivity index (χ3n) is 3.79. The van der Waals surface area contributed by atoms with Crippen molar-refractivity contribution in [1.82, 2.24) is 0 Å². The van der Waals surface area contributed by atoms with Gasteiger partial charge in [-0.25, -0.2) is 0 Å². The Balaban J connectivity index is 1.47. The van der Waals surface area contributed by atoms with Gasteiger partial charge in [0.1, 0.15) is 12.7 Å². The van der Waals surface area contributed by atoms with Gasteiger partial charge >= 0.3 is 0 Å². The van der Waals surface area contributed by atoms with Gasteiger partial charge in [0.15, 0.2) is 11.5 Å². The number of hydrogen-bond acceptors (Lipinski definition) is 5. The van der Waals surface area contributed by atoms with E-state index in [1.807, 2.05) is 31.2 Å². The maximum atomic E-state index is 12.1. The number of benzene rings is 2. The van der Waals surface area contributed by atoms with Crippen LogP contribution < -0.4 is 9.47 Å². The maximum Gasteiger partial charge on any atom is 0.296 e. The SMILES string of the molecule is Cc1ccc(S(=O)(=O)OCCCC2COc3ccccc3O2)cc1. The van der Waals surface area contributed by atoms with Crippen molar-refractivity contribution in [2.45, 2.75) is 30.8 Å². The lowest BCUT2D eigenvalue weighted by Gasteiger charge is -2.26. The summed E-state index contributed by atoms with van der Waals surface area (Å²) in [6, 6.07) is 14.1. The van der Waals surface area contributed by atoms with Crippen LogP contribution in [-0.4, -0.2) is 27.7 Å². The zero-order valence-corrected chi connectivity index (χ0v) is 14.3. The van der Waals surface area contributed by atoms with Gasteiger partial charge in [0.2, 0.25) is 0 Å². The van der Waals surface area contributed by atoms with Gasteiger partial charge in [-0.3, -0.25) is 4.18 Å². The highest BCUT2D eigenvalue weighted by atomic mass is 32.2. The molecular weight excluding hydrogens is 328 g/mol. The summed E-state index contributed by atoms with van der Waals surface area (Å²) >= 11 is 0. The fraction of sp³-hybridized carbons (Fsp3) is 0.333. The molecule has 0 saturated heterocycles. The first-order chi connectivity index (χ1) is 11.5. The second-order valence-electron chi connectivity index (χ2n) is 5.73. The highest BCUT2D eigenvalue weighted by Gasteiger charge is 2.21. The van der Waals surface area contributed by atoms with Crippen LogP contribution >= 0.6 is 0 Å². The van der Waals surface area contributed by atoms with E-state index in [2.05, 4.69) is 0 Å². The van der Waals surface area contributed by atoms with Crippen molar-refractivity contribution in [3.63, 3.8) is 0 Å². The van der Waals surface area contributed by atoms with E-state index in [9.17, 15) is 8.42 Å². The first-order valence-electron chi connectivity index (χ1n) is 7.89. The second kappa shape index (κ2) is 7.23. The van der Waals surface area contributed by atoms with Crippen molar-refractivity contribution >= 4 is 10.1 Å². The summed E-state index contributed by atoms with van der Waals surface area (Å²) in [7, 11) is -3.70. The molecule has 1 aliphatic heterocycles. The Kier molecular flexibility index (Phi) is 5.06. The Labute approximate surface area is 142 Å². The molecule has 2 aromatic rings. The zero-order chi connectivity index (χ0) is 17.0. The monoisotopic (exact) mass is 348 g/mol. The van der Waals surface area contributed by atoms with Crippen molar-refractivity contribution in [3.05, 3.63) is 54.1 Å². The molecule has 1 heterocycles. The third kappa shape index (κ3) is 4.07. The van der Waals surface area contributed by atoms with Crippen LogP contribution in [0.25, 0.3) is 0 Å². The van der Waals surface area contributed by atoms with Gasteiger partial charge in [-0.2, -0.15) is 8.42 Å². The van der Waals surface area contributed by atoms with Crippen molar-refractivity contribution in [2.75, 3.05) is 13.2 Å². The van der Waals surface area contributed by atoms with Gasteiger partial charge in [-0.1, -0.05) is 29.8 Å². The van der Waals surface area contributed by atoms with E-state index in [-0.39, 0.29) is 17.6 Å². The molecule has 0 N–H and O–H groups in total. The fourth-order valence-corrected chi connectivity index (χ4v) is 3.40. The van der Waals surface area contributed by atoms with Crippen LogP contribution in [0.2, 0.25) is 0 Å². The molecule has 0 spiro atoms. The first-order valence-corrected chi connectivity index (χ1v) is 9.30. The molecule has 1 unspecified atom stereocenters. The number of fused-ring (bicyclic) bond motifs is 1. The van der Waals surface area contributed by atoms with Gasteiger partial charge in [-0.05, 0) is 44.0 Å². The minimum Gasteiger partial charge on any atom is -0.486 e. The van der Waals surface area contributed by atoms with Crippen LogP contribution in [0.15, 0.2) is 53.4 Å². The topological polar surface area (TPSA) is 61.8 Å². The molecular formula is C18H20O5S. The van der Waals surface area contributed by atoms with E-state index in [4.69, 9.17) is 13.7 Å². The molecule has 0 radical (unpaired) electrons. The van der Waals surface area contributed by atoms with Crippen molar-refractivity contribution < 1.29 is 22.1 Å². The molecule has 1 atom stereocenters. The van der Waals surface area contributed by atoms with E-state index in [0.29, 0.717) is 19.4 Å². The van der Waals surface area contributed by atoms with E-state index in [1.165, 1.54) is 0 Å². The standard InChI is InChI=1S/C18H20O5S/c1-14-8-10-16(11-9-14)24(19,20)22-12-4-5-15-13-21-17-6-2-3-7-18(17)23-15/h2-3,6-11,15H,4-5,12-13H2,1H3. The average Bonchev–Trinajstić information content (AvgIpc) is 2.59. The minimum atomic E-state index is -3.70. The van der Waals surface area contributed by atoms with Gasteiger partial charge in [0.05, 0.1) is 11.5 Å². The Morgan fingerprint density at radius 3 is 2.54 bits per heavy atom. The molecule has 0 saturated carbocycles. The Morgan fingerprint density at radius 2 is 1.79 bits per heavy atom. The Morgan fingerprint density at radius 1 is 1.08 bits per heavy atom. The van der Waals surface area contributed by atoms with Crippen LogP contribution in [0, 0.1) is 6.92 Å². The minimum absolute atomic E-state index is 0.0921. The predicted octanol–water partition coefficient (Wildman–Crippen LogP) is 3.32. The van der Waals surface area contributed by atoms with Crippen LogP contribution in [0.5, 0.6) is 11.5 Å².